The summed E-state index contributed by atoms with van der Waals surface area (Å²) in [5.74, 6) is -20.5. The van der Waals surface area contributed by atoms with E-state index < -0.39 is 35.5 Å². The van der Waals surface area contributed by atoms with Crippen LogP contribution < -0.4 is 4.90 Å². The van der Waals surface area contributed by atoms with E-state index >= 15 is 0 Å². The van der Waals surface area contributed by atoms with Crippen LogP contribution in [0.5, 0.6) is 0 Å². The number of carbonyl (C=O) groups excluding carboxylic acids is 1. The summed E-state index contributed by atoms with van der Waals surface area (Å²) in [6, 6.07) is 3.86. The molecule has 0 unspecified atom stereocenters. The van der Waals surface area contributed by atoms with Crippen LogP contribution in [-0.2, 0) is 15.5 Å². The van der Waals surface area contributed by atoms with E-state index in [1.54, 1.807) is 6.07 Å². The van der Waals surface area contributed by atoms with Gasteiger partial charge in [0.2, 0.25) is 0 Å². The summed E-state index contributed by atoms with van der Waals surface area (Å²) >= 11 is 0. The van der Waals surface area contributed by atoms with E-state index in [1.807, 2.05) is 6.92 Å². The van der Waals surface area contributed by atoms with Crippen LogP contribution in [0.3, 0.4) is 0 Å². The fourth-order valence-electron chi connectivity index (χ4n) is 2.77. The molecular weight excluding hydrogens is 495 g/mol. The summed E-state index contributed by atoms with van der Waals surface area (Å²) in [7, 11) is 0. The minimum absolute atomic E-state index is 0.0334. The van der Waals surface area contributed by atoms with Crippen molar-refractivity contribution >= 4 is 11.7 Å². The smallest absolute Gasteiger partial charge is 0.460 e. The van der Waals surface area contributed by atoms with Gasteiger partial charge in [-0.15, -0.1) is 0 Å². The molecule has 0 aromatic heterocycles. The maximum atomic E-state index is 14.0. The third-order valence-corrected chi connectivity index (χ3v) is 4.84. The molecule has 0 N–H and O–H groups in total. The first-order valence-corrected chi connectivity index (χ1v) is 9.88. The first kappa shape index (κ1) is 27.8. The molecule has 1 aromatic rings. The molecule has 0 saturated heterocycles. The predicted molar refractivity (Wildman–Crippen MR) is 106 cm³/mol. The zero-order valence-corrected chi connectivity index (χ0v) is 17.9. The van der Waals surface area contributed by atoms with E-state index in [4.69, 9.17) is 4.74 Å². The topological polar surface area (TPSA) is 53.3 Å². The van der Waals surface area contributed by atoms with E-state index in [-0.39, 0.29) is 35.6 Å². The Hall–Kier alpha value is -3.43. The van der Waals surface area contributed by atoms with Gasteiger partial charge in [-0.25, -0.2) is 4.79 Å². The number of alkyl halides is 9. The van der Waals surface area contributed by atoms with Gasteiger partial charge in [-0.1, -0.05) is 25.5 Å². The third kappa shape index (κ3) is 5.31. The average Bonchev–Trinajstić information content (AvgIpc) is 2.79. The van der Waals surface area contributed by atoms with Gasteiger partial charge in [-0.05, 0) is 30.7 Å². The van der Waals surface area contributed by atoms with Crippen molar-refractivity contribution in [3.63, 3.8) is 0 Å². The Labute approximate surface area is 193 Å². The van der Waals surface area contributed by atoms with Crippen LogP contribution in [-0.4, -0.2) is 30.6 Å². The zero-order valence-electron chi connectivity index (χ0n) is 17.9. The molecule has 1 aliphatic heterocycles. The first-order chi connectivity index (χ1) is 16.1. The van der Waals surface area contributed by atoms with Crippen molar-refractivity contribution in [3.05, 3.63) is 65.5 Å². The predicted octanol–water partition coefficient (Wildman–Crippen LogP) is 6.62. The quantitative estimate of drug-likeness (QED) is 0.129. The number of benzene rings is 1. The number of unbranched alkanes of at least 4 members (excludes halogenated alkanes) is 1. The molecule has 0 amide bonds. The standard InChI is InChI=1S/C22H17F9N2O2/c1-2-3-12-35-18(34)17(13-32)14-8-10-33(11-9-14)16-6-4-15(5-7-16)19(23,24)20(25,26)21(27,28)22(29,30)31/h4-11H,2-3,12H2,1H3. The molecule has 0 spiro atoms. The summed E-state index contributed by atoms with van der Waals surface area (Å²) in [6.07, 6.45) is -0.432. The molecule has 0 radical (unpaired) electrons. The first-order valence-electron chi connectivity index (χ1n) is 9.88. The lowest BCUT2D eigenvalue weighted by atomic mass is 9.96. The summed E-state index contributed by atoms with van der Waals surface area (Å²) in [6.45, 7) is 1.98. The van der Waals surface area contributed by atoms with Gasteiger partial charge in [0, 0.05) is 29.2 Å². The molecule has 0 bridgehead atoms. The van der Waals surface area contributed by atoms with E-state index in [2.05, 4.69) is 0 Å². The number of ether oxygens (including phenoxy) is 1. The molecule has 0 atom stereocenters. The number of anilines is 1. The minimum atomic E-state index is -6.99. The SMILES string of the molecule is CCCCOC(=O)C(C#N)=C1C=CN(c2ccc(C(F)(F)C(F)(F)C(F)(F)C(F)(F)F)cc2)C=C1. The van der Waals surface area contributed by atoms with Gasteiger partial charge >= 0.3 is 29.9 Å². The van der Waals surface area contributed by atoms with Gasteiger partial charge < -0.3 is 9.64 Å². The molecule has 2 rings (SSSR count). The lowest BCUT2D eigenvalue weighted by Gasteiger charge is -2.34. The Morgan fingerprint density at radius 2 is 1.49 bits per heavy atom. The zero-order chi connectivity index (χ0) is 26.7. The summed E-state index contributed by atoms with van der Waals surface area (Å²) < 4.78 is 123. The number of hydrogen-bond acceptors (Lipinski definition) is 4. The number of nitrogens with zero attached hydrogens (tertiary/aromatic N) is 2. The monoisotopic (exact) mass is 512 g/mol. The number of carbonyl (C=O) groups is 1. The maximum Gasteiger partial charge on any atom is 0.460 e. The van der Waals surface area contributed by atoms with Gasteiger partial charge in [0.1, 0.15) is 11.6 Å². The molecule has 1 heterocycles. The number of esters is 1. The Kier molecular flexibility index (Phi) is 7.99. The van der Waals surface area contributed by atoms with E-state index in [0.29, 0.717) is 6.42 Å². The van der Waals surface area contributed by atoms with Gasteiger partial charge in [0.25, 0.3) is 0 Å². The minimum Gasteiger partial charge on any atom is -0.462 e. The van der Waals surface area contributed by atoms with Crippen molar-refractivity contribution in [2.75, 3.05) is 11.5 Å². The normalized spacial score (nSPS) is 14.7. The van der Waals surface area contributed by atoms with E-state index in [1.165, 1.54) is 29.5 Å². The highest BCUT2D eigenvalue weighted by Gasteiger charge is 2.82. The lowest BCUT2D eigenvalue weighted by molar-refractivity contribution is -0.399. The van der Waals surface area contributed by atoms with Crippen LogP contribution in [0.25, 0.3) is 0 Å². The molecule has 1 aromatic carbocycles. The molecule has 13 heteroatoms. The number of rotatable bonds is 8. The lowest BCUT2D eigenvalue weighted by Crippen LogP contribution is -2.59. The Morgan fingerprint density at radius 3 is 1.94 bits per heavy atom. The Balaban J connectivity index is 2.25. The number of nitriles is 1. The maximum absolute atomic E-state index is 14.0. The third-order valence-electron chi connectivity index (χ3n) is 4.84. The van der Waals surface area contributed by atoms with Crippen LogP contribution in [0.1, 0.15) is 25.3 Å². The van der Waals surface area contributed by atoms with Crippen LogP contribution in [0.4, 0.5) is 45.2 Å². The fraction of sp³-hybridized carbons (Fsp3) is 0.364. The van der Waals surface area contributed by atoms with Crippen molar-refractivity contribution in [2.45, 2.75) is 43.7 Å². The van der Waals surface area contributed by atoms with Crippen LogP contribution in [0, 0.1) is 11.3 Å². The van der Waals surface area contributed by atoms with Gasteiger partial charge in [-0.3, -0.25) is 0 Å². The highest BCUT2D eigenvalue weighted by Crippen LogP contribution is 2.56. The average molecular weight is 512 g/mol. The van der Waals surface area contributed by atoms with Crippen molar-refractivity contribution in [2.24, 2.45) is 0 Å². The largest absolute Gasteiger partial charge is 0.462 e. The van der Waals surface area contributed by atoms with Crippen molar-refractivity contribution in [3.8, 4) is 6.07 Å². The molecule has 190 valence electrons. The summed E-state index contributed by atoms with van der Waals surface area (Å²) in [4.78, 5) is 13.2. The highest BCUT2D eigenvalue weighted by molar-refractivity contribution is 5.95. The molecule has 4 nitrogen and oxygen atoms in total. The van der Waals surface area contributed by atoms with Crippen molar-refractivity contribution < 1.29 is 49.0 Å². The Morgan fingerprint density at radius 1 is 0.943 bits per heavy atom. The number of halogens is 9. The van der Waals surface area contributed by atoms with Gasteiger partial charge in [0.05, 0.1) is 6.61 Å². The van der Waals surface area contributed by atoms with Crippen LogP contribution in [0.2, 0.25) is 0 Å². The second-order valence-corrected chi connectivity index (χ2v) is 7.24. The van der Waals surface area contributed by atoms with Crippen LogP contribution >= 0.6 is 0 Å². The summed E-state index contributed by atoms with van der Waals surface area (Å²) in [5.41, 5.74) is -1.88. The molecule has 0 aliphatic carbocycles. The number of allylic oxidation sites excluding steroid dienone is 3. The molecule has 0 fully saturated rings. The van der Waals surface area contributed by atoms with Crippen LogP contribution in [0.15, 0.2) is 60.0 Å². The number of hydrogen-bond donors (Lipinski definition) is 0. The summed E-state index contributed by atoms with van der Waals surface area (Å²) in [5, 5.41) is 9.22. The van der Waals surface area contributed by atoms with Gasteiger partial charge in [-0.2, -0.15) is 44.8 Å². The fourth-order valence-corrected chi connectivity index (χ4v) is 2.77. The van der Waals surface area contributed by atoms with Crippen molar-refractivity contribution in [1.29, 1.82) is 5.26 Å². The van der Waals surface area contributed by atoms with Crippen molar-refractivity contribution in [1.82, 2.24) is 0 Å². The molecule has 35 heavy (non-hydrogen) atoms. The second-order valence-electron chi connectivity index (χ2n) is 7.24. The molecule has 0 saturated carbocycles. The second kappa shape index (κ2) is 10.1. The highest BCUT2D eigenvalue weighted by atomic mass is 19.4. The molecular formula is C22H17F9N2O2. The van der Waals surface area contributed by atoms with Gasteiger partial charge in [0.15, 0.2) is 0 Å². The molecule has 1 aliphatic rings. The van der Waals surface area contributed by atoms with E-state index in [0.717, 1.165) is 18.6 Å². The van der Waals surface area contributed by atoms with E-state index in [9.17, 15) is 49.6 Å². The Bertz CT molecular complexity index is 1050.